The fourth-order valence-corrected chi connectivity index (χ4v) is 2.50. The maximum Gasteiger partial charge on any atom is 0.191 e. The SMILES string of the molecule is CCNC(=NCc1ccccc1Cl)NCC(O)Cc1ccccc1. The molecular formula is C19H24ClN3O. The van der Waals surface area contributed by atoms with Gasteiger partial charge in [0, 0.05) is 24.5 Å². The van der Waals surface area contributed by atoms with Crippen LogP contribution in [0.4, 0.5) is 0 Å². The Labute approximate surface area is 148 Å². The standard InChI is InChI=1S/C19H24ClN3O/c1-2-21-19(22-13-16-10-6-7-11-18(16)20)23-14-17(24)12-15-8-4-3-5-9-15/h3-11,17,24H,2,12-14H2,1H3,(H2,21,22,23). The zero-order valence-electron chi connectivity index (χ0n) is 13.9. The number of nitrogens with zero attached hydrogens (tertiary/aromatic N) is 1. The van der Waals surface area contributed by atoms with Gasteiger partial charge in [0.25, 0.3) is 0 Å². The maximum atomic E-state index is 10.2. The van der Waals surface area contributed by atoms with E-state index in [1.807, 2.05) is 61.5 Å². The highest BCUT2D eigenvalue weighted by Crippen LogP contribution is 2.15. The van der Waals surface area contributed by atoms with Crippen LogP contribution >= 0.6 is 11.6 Å². The van der Waals surface area contributed by atoms with Gasteiger partial charge in [-0.25, -0.2) is 4.99 Å². The van der Waals surface area contributed by atoms with Gasteiger partial charge in [0.05, 0.1) is 12.6 Å². The third-order valence-electron chi connectivity index (χ3n) is 3.53. The lowest BCUT2D eigenvalue weighted by Gasteiger charge is -2.15. The van der Waals surface area contributed by atoms with Crippen LogP contribution < -0.4 is 10.6 Å². The van der Waals surface area contributed by atoms with E-state index in [-0.39, 0.29) is 0 Å². The molecule has 0 aliphatic rings. The monoisotopic (exact) mass is 345 g/mol. The summed E-state index contributed by atoms with van der Waals surface area (Å²) in [7, 11) is 0. The van der Waals surface area contributed by atoms with Crippen LogP contribution in [0.2, 0.25) is 5.02 Å². The number of rotatable bonds is 7. The Morgan fingerprint density at radius 3 is 2.50 bits per heavy atom. The number of nitrogens with one attached hydrogen (secondary N) is 2. The van der Waals surface area contributed by atoms with E-state index >= 15 is 0 Å². The molecule has 3 N–H and O–H groups in total. The average molecular weight is 346 g/mol. The van der Waals surface area contributed by atoms with E-state index in [0.717, 1.165) is 17.7 Å². The Morgan fingerprint density at radius 1 is 1.08 bits per heavy atom. The Morgan fingerprint density at radius 2 is 1.79 bits per heavy atom. The largest absolute Gasteiger partial charge is 0.391 e. The minimum Gasteiger partial charge on any atom is -0.391 e. The van der Waals surface area contributed by atoms with E-state index in [4.69, 9.17) is 11.6 Å². The third-order valence-corrected chi connectivity index (χ3v) is 3.90. The molecule has 128 valence electrons. The van der Waals surface area contributed by atoms with Gasteiger partial charge in [0.2, 0.25) is 0 Å². The van der Waals surface area contributed by atoms with E-state index in [0.29, 0.717) is 30.5 Å². The van der Waals surface area contributed by atoms with Gasteiger partial charge in [0.15, 0.2) is 5.96 Å². The van der Waals surface area contributed by atoms with Crippen LogP contribution in [-0.4, -0.2) is 30.3 Å². The molecule has 0 aromatic heterocycles. The van der Waals surface area contributed by atoms with Gasteiger partial charge in [-0.2, -0.15) is 0 Å². The van der Waals surface area contributed by atoms with E-state index < -0.39 is 6.10 Å². The van der Waals surface area contributed by atoms with Gasteiger partial charge in [-0.15, -0.1) is 0 Å². The number of hydrogen-bond donors (Lipinski definition) is 3. The molecule has 0 saturated heterocycles. The molecule has 0 saturated carbocycles. The zero-order chi connectivity index (χ0) is 17.2. The first kappa shape index (κ1) is 18.3. The number of halogens is 1. The molecular weight excluding hydrogens is 322 g/mol. The predicted molar refractivity (Wildman–Crippen MR) is 100 cm³/mol. The van der Waals surface area contributed by atoms with Crippen molar-refractivity contribution in [2.45, 2.75) is 26.0 Å². The lowest BCUT2D eigenvalue weighted by Crippen LogP contribution is -2.41. The first-order valence-electron chi connectivity index (χ1n) is 8.16. The van der Waals surface area contributed by atoms with E-state index in [1.165, 1.54) is 0 Å². The first-order chi connectivity index (χ1) is 11.7. The number of guanidine groups is 1. The molecule has 5 heteroatoms. The van der Waals surface area contributed by atoms with Crippen LogP contribution in [0.25, 0.3) is 0 Å². The second kappa shape index (κ2) is 9.96. The molecule has 0 radical (unpaired) electrons. The summed E-state index contributed by atoms with van der Waals surface area (Å²) < 4.78 is 0. The van der Waals surface area contributed by atoms with Crippen molar-refractivity contribution in [2.24, 2.45) is 4.99 Å². The molecule has 2 aromatic carbocycles. The highest BCUT2D eigenvalue weighted by molar-refractivity contribution is 6.31. The number of aliphatic hydroxyl groups is 1. The highest BCUT2D eigenvalue weighted by Gasteiger charge is 2.07. The predicted octanol–water partition coefficient (Wildman–Crippen LogP) is 3.00. The minimum absolute atomic E-state index is 0.434. The van der Waals surface area contributed by atoms with Crippen molar-refractivity contribution in [1.29, 1.82) is 0 Å². The zero-order valence-corrected chi connectivity index (χ0v) is 14.6. The minimum atomic E-state index is -0.475. The Bertz CT molecular complexity index is 646. The first-order valence-corrected chi connectivity index (χ1v) is 8.54. The Balaban J connectivity index is 1.88. The fourth-order valence-electron chi connectivity index (χ4n) is 2.31. The van der Waals surface area contributed by atoms with Gasteiger partial charge in [-0.1, -0.05) is 60.1 Å². The lowest BCUT2D eigenvalue weighted by atomic mass is 10.1. The van der Waals surface area contributed by atoms with Crippen molar-refractivity contribution < 1.29 is 5.11 Å². The molecule has 2 aromatic rings. The summed E-state index contributed by atoms with van der Waals surface area (Å²) in [4.78, 5) is 4.52. The van der Waals surface area contributed by atoms with Crippen LogP contribution in [0.1, 0.15) is 18.1 Å². The van der Waals surface area contributed by atoms with Crippen molar-refractivity contribution in [3.8, 4) is 0 Å². The average Bonchev–Trinajstić information content (AvgIpc) is 2.59. The molecule has 0 aliphatic carbocycles. The van der Waals surface area contributed by atoms with Crippen LogP contribution in [0.5, 0.6) is 0 Å². The molecule has 0 heterocycles. The second-order valence-electron chi connectivity index (χ2n) is 5.51. The van der Waals surface area contributed by atoms with Gasteiger partial charge in [-0.3, -0.25) is 0 Å². The van der Waals surface area contributed by atoms with Gasteiger partial charge >= 0.3 is 0 Å². The molecule has 4 nitrogen and oxygen atoms in total. The van der Waals surface area contributed by atoms with Crippen LogP contribution in [-0.2, 0) is 13.0 Å². The lowest BCUT2D eigenvalue weighted by molar-refractivity contribution is 0.177. The molecule has 24 heavy (non-hydrogen) atoms. The van der Waals surface area contributed by atoms with E-state index in [2.05, 4.69) is 15.6 Å². The molecule has 1 atom stereocenters. The Hall–Kier alpha value is -2.04. The molecule has 2 rings (SSSR count). The van der Waals surface area contributed by atoms with E-state index in [1.54, 1.807) is 0 Å². The number of benzene rings is 2. The maximum absolute atomic E-state index is 10.2. The van der Waals surface area contributed by atoms with Crippen molar-refractivity contribution >= 4 is 17.6 Å². The smallest absolute Gasteiger partial charge is 0.191 e. The second-order valence-corrected chi connectivity index (χ2v) is 5.92. The van der Waals surface area contributed by atoms with Crippen molar-refractivity contribution in [1.82, 2.24) is 10.6 Å². The fraction of sp³-hybridized carbons (Fsp3) is 0.316. The summed E-state index contributed by atoms with van der Waals surface area (Å²) in [5, 5.41) is 17.2. The molecule has 0 amide bonds. The summed E-state index contributed by atoms with van der Waals surface area (Å²) in [6.07, 6.45) is 0.133. The topological polar surface area (TPSA) is 56.7 Å². The van der Waals surface area contributed by atoms with Gasteiger partial charge < -0.3 is 15.7 Å². The summed E-state index contributed by atoms with van der Waals surface area (Å²) in [6, 6.07) is 17.6. The van der Waals surface area contributed by atoms with Crippen LogP contribution in [0.3, 0.4) is 0 Å². The number of aliphatic hydroxyl groups excluding tert-OH is 1. The quantitative estimate of drug-likeness (QED) is 0.534. The Kier molecular flexibility index (Phi) is 7.59. The van der Waals surface area contributed by atoms with Crippen LogP contribution in [0.15, 0.2) is 59.6 Å². The van der Waals surface area contributed by atoms with Crippen molar-refractivity contribution in [3.63, 3.8) is 0 Å². The highest BCUT2D eigenvalue weighted by atomic mass is 35.5. The van der Waals surface area contributed by atoms with Crippen molar-refractivity contribution in [2.75, 3.05) is 13.1 Å². The molecule has 0 bridgehead atoms. The van der Waals surface area contributed by atoms with Gasteiger partial charge in [-0.05, 0) is 24.1 Å². The number of hydrogen-bond acceptors (Lipinski definition) is 2. The molecule has 0 aliphatic heterocycles. The van der Waals surface area contributed by atoms with E-state index in [9.17, 15) is 5.11 Å². The molecule has 0 spiro atoms. The third kappa shape index (κ3) is 6.22. The summed E-state index contributed by atoms with van der Waals surface area (Å²) >= 11 is 6.15. The summed E-state index contributed by atoms with van der Waals surface area (Å²) in [5.74, 6) is 0.671. The summed E-state index contributed by atoms with van der Waals surface area (Å²) in [5.41, 5.74) is 2.09. The van der Waals surface area contributed by atoms with Crippen molar-refractivity contribution in [3.05, 3.63) is 70.7 Å². The normalized spacial score (nSPS) is 12.7. The molecule has 1 unspecified atom stereocenters. The van der Waals surface area contributed by atoms with Gasteiger partial charge in [0.1, 0.15) is 0 Å². The van der Waals surface area contributed by atoms with Crippen LogP contribution in [0, 0.1) is 0 Å². The summed E-state index contributed by atoms with van der Waals surface area (Å²) in [6.45, 7) is 3.68. The number of aliphatic imine (C=N–C) groups is 1. The molecule has 0 fully saturated rings.